The maximum Gasteiger partial charge on any atom is 0.413 e. The number of nitrogens with zero attached hydrogens (tertiary/aromatic N) is 1. The van der Waals surface area contributed by atoms with Crippen molar-refractivity contribution in [2.75, 3.05) is 6.61 Å². The van der Waals surface area contributed by atoms with Crippen LogP contribution < -0.4 is 0 Å². The third-order valence-electron chi connectivity index (χ3n) is 2.04. The zero-order valence-corrected chi connectivity index (χ0v) is 10.3. The molecule has 10 heteroatoms. The highest BCUT2D eigenvalue weighted by atomic mass is 32.2. The van der Waals surface area contributed by atoms with Crippen LogP contribution in [0.4, 0.5) is 18.9 Å². The molecule has 1 rings (SSSR count). The molecule has 0 spiro atoms. The summed E-state index contributed by atoms with van der Waals surface area (Å²) in [4.78, 5) is 9.07. The lowest BCUT2D eigenvalue weighted by Crippen LogP contribution is -2.20. The van der Waals surface area contributed by atoms with Crippen molar-refractivity contribution in [1.82, 2.24) is 0 Å². The van der Waals surface area contributed by atoms with Crippen LogP contribution in [0.25, 0.3) is 0 Å². The minimum atomic E-state index is -4.82. The molecule has 19 heavy (non-hydrogen) atoms. The van der Waals surface area contributed by atoms with Gasteiger partial charge in [-0.3, -0.25) is 14.3 Å². The van der Waals surface area contributed by atoms with Crippen LogP contribution in [0.5, 0.6) is 0 Å². The van der Waals surface area contributed by atoms with Gasteiger partial charge in [-0.05, 0) is 13.0 Å². The summed E-state index contributed by atoms with van der Waals surface area (Å²) in [6.07, 6.45) is -4.82. The Morgan fingerprint density at radius 2 is 1.95 bits per heavy atom. The quantitative estimate of drug-likeness (QED) is 0.483. The van der Waals surface area contributed by atoms with Gasteiger partial charge in [-0.2, -0.15) is 21.6 Å². The molecule has 0 radical (unpaired) electrons. The average Bonchev–Trinajstić information content (AvgIpc) is 2.25. The van der Waals surface area contributed by atoms with Crippen molar-refractivity contribution in [2.24, 2.45) is 0 Å². The van der Waals surface area contributed by atoms with Crippen molar-refractivity contribution in [2.45, 2.75) is 18.0 Å². The number of rotatable bonds is 4. The first-order valence-electron chi connectivity index (χ1n) is 4.74. The molecular weight excluding hydrogens is 291 g/mol. The highest BCUT2D eigenvalue weighted by Gasteiger charge is 2.32. The molecule has 6 nitrogen and oxygen atoms in total. The van der Waals surface area contributed by atoms with Crippen molar-refractivity contribution in [1.29, 1.82) is 0 Å². The first-order chi connectivity index (χ1) is 8.53. The van der Waals surface area contributed by atoms with Gasteiger partial charge in [0, 0.05) is 11.6 Å². The van der Waals surface area contributed by atoms with Crippen LogP contribution >= 0.6 is 0 Å². The SMILES string of the molecule is Cc1ccc(S(=O)(=O)OCC(F)(F)F)cc1[N+](=O)[O-]. The van der Waals surface area contributed by atoms with Gasteiger partial charge in [0.2, 0.25) is 0 Å². The van der Waals surface area contributed by atoms with Crippen molar-refractivity contribution < 1.29 is 30.7 Å². The number of halogens is 3. The molecule has 1 aromatic rings. The molecule has 0 heterocycles. The minimum absolute atomic E-state index is 0.180. The van der Waals surface area contributed by atoms with E-state index in [4.69, 9.17) is 0 Å². The molecule has 0 aliphatic rings. The normalized spacial score (nSPS) is 12.4. The van der Waals surface area contributed by atoms with E-state index < -0.39 is 38.4 Å². The molecule has 0 aromatic heterocycles. The van der Waals surface area contributed by atoms with E-state index in [2.05, 4.69) is 4.18 Å². The van der Waals surface area contributed by atoms with Gasteiger partial charge in [0.15, 0.2) is 6.61 Å². The standard InChI is InChI=1S/C9H8F3NO5S/c1-6-2-3-7(4-8(6)13(14)15)19(16,17)18-5-9(10,11)12/h2-4H,5H2,1H3. The van der Waals surface area contributed by atoms with E-state index in [0.29, 0.717) is 6.07 Å². The predicted octanol–water partition coefficient (Wildman–Crippen LogP) is 2.17. The molecule has 0 amide bonds. The summed E-state index contributed by atoms with van der Waals surface area (Å²) in [7, 11) is -4.69. The van der Waals surface area contributed by atoms with Crippen LogP contribution in [0.1, 0.15) is 5.56 Å². The number of aryl methyl sites for hydroxylation is 1. The van der Waals surface area contributed by atoms with Crippen LogP contribution in [-0.4, -0.2) is 26.1 Å². The molecule has 0 N–H and O–H groups in total. The summed E-state index contributed by atoms with van der Waals surface area (Å²) >= 11 is 0. The van der Waals surface area contributed by atoms with Gasteiger partial charge >= 0.3 is 6.18 Å². The molecule has 106 valence electrons. The van der Waals surface area contributed by atoms with Gasteiger partial charge in [-0.1, -0.05) is 6.07 Å². The highest BCUT2D eigenvalue weighted by Crippen LogP contribution is 2.24. The Hall–Kier alpha value is -1.68. The fourth-order valence-corrected chi connectivity index (χ4v) is 2.07. The fourth-order valence-electron chi connectivity index (χ4n) is 1.15. The van der Waals surface area contributed by atoms with Gasteiger partial charge in [0.05, 0.1) is 4.92 Å². The summed E-state index contributed by atoms with van der Waals surface area (Å²) in [6, 6.07) is 2.71. The second kappa shape index (κ2) is 5.13. The zero-order valence-electron chi connectivity index (χ0n) is 9.47. The van der Waals surface area contributed by atoms with Crippen molar-refractivity contribution >= 4 is 15.8 Å². The number of nitro benzene ring substituents is 1. The van der Waals surface area contributed by atoms with E-state index >= 15 is 0 Å². The van der Waals surface area contributed by atoms with Crippen LogP contribution in [-0.2, 0) is 14.3 Å². The van der Waals surface area contributed by atoms with E-state index in [1.165, 1.54) is 6.92 Å². The number of benzene rings is 1. The van der Waals surface area contributed by atoms with E-state index in [-0.39, 0.29) is 5.56 Å². The summed E-state index contributed by atoms with van der Waals surface area (Å²) in [5, 5.41) is 10.6. The first-order valence-corrected chi connectivity index (χ1v) is 6.15. The third-order valence-corrected chi connectivity index (χ3v) is 3.30. The second-order valence-electron chi connectivity index (χ2n) is 3.54. The first kappa shape index (κ1) is 15.4. The lowest BCUT2D eigenvalue weighted by molar-refractivity contribution is -0.385. The maximum atomic E-state index is 11.9. The molecule has 0 aliphatic heterocycles. The molecule has 0 fully saturated rings. The zero-order chi connectivity index (χ0) is 14.8. The Bertz CT molecular complexity index is 596. The molecule has 0 saturated carbocycles. The lowest BCUT2D eigenvalue weighted by Gasteiger charge is -2.08. The van der Waals surface area contributed by atoms with E-state index in [1.807, 2.05) is 0 Å². The summed E-state index contributed by atoms with van der Waals surface area (Å²) in [5.41, 5.74) is -0.337. The van der Waals surface area contributed by atoms with Crippen LogP contribution in [0.3, 0.4) is 0 Å². The van der Waals surface area contributed by atoms with Crippen LogP contribution in [0.2, 0.25) is 0 Å². The number of alkyl halides is 3. The average molecular weight is 299 g/mol. The molecule has 1 aromatic carbocycles. The Balaban J connectivity index is 3.09. The molecule has 0 saturated heterocycles. The predicted molar refractivity (Wildman–Crippen MR) is 57.0 cm³/mol. The third kappa shape index (κ3) is 4.17. The summed E-state index contributed by atoms with van der Waals surface area (Å²) < 4.78 is 62.2. The number of nitro groups is 1. The van der Waals surface area contributed by atoms with Gasteiger partial charge < -0.3 is 0 Å². The van der Waals surface area contributed by atoms with Crippen molar-refractivity contribution in [3.8, 4) is 0 Å². The second-order valence-corrected chi connectivity index (χ2v) is 5.15. The Labute approximate surface area is 106 Å². The summed E-state index contributed by atoms with van der Waals surface area (Å²) in [6.45, 7) is -0.623. The lowest BCUT2D eigenvalue weighted by atomic mass is 10.2. The van der Waals surface area contributed by atoms with Gasteiger partial charge in [-0.15, -0.1) is 0 Å². The maximum absolute atomic E-state index is 11.9. The van der Waals surface area contributed by atoms with E-state index in [1.54, 1.807) is 0 Å². The van der Waals surface area contributed by atoms with Gasteiger partial charge in [0.25, 0.3) is 15.8 Å². The van der Waals surface area contributed by atoms with E-state index in [9.17, 15) is 31.7 Å². The largest absolute Gasteiger partial charge is 0.413 e. The van der Waals surface area contributed by atoms with Crippen molar-refractivity contribution in [3.63, 3.8) is 0 Å². The molecule has 0 atom stereocenters. The van der Waals surface area contributed by atoms with Crippen molar-refractivity contribution in [3.05, 3.63) is 33.9 Å². The molecule has 0 aliphatic carbocycles. The number of hydrogen-bond acceptors (Lipinski definition) is 5. The fraction of sp³-hybridized carbons (Fsp3) is 0.333. The van der Waals surface area contributed by atoms with Crippen LogP contribution in [0, 0.1) is 17.0 Å². The molecule has 0 unspecified atom stereocenters. The Morgan fingerprint density at radius 1 is 1.37 bits per heavy atom. The van der Waals surface area contributed by atoms with Crippen LogP contribution in [0.15, 0.2) is 23.1 Å². The van der Waals surface area contributed by atoms with E-state index in [0.717, 1.165) is 12.1 Å². The molecular formula is C9H8F3NO5S. The molecule has 0 bridgehead atoms. The smallest absolute Gasteiger partial charge is 0.258 e. The topological polar surface area (TPSA) is 86.5 Å². The minimum Gasteiger partial charge on any atom is -0.258 e. The van der Waals surface area contributed by atoms with Gasteiger partial charge in [0.1, 0.15) is 4.90 Å². The Kier molecular flexibility index (Phi) is 4.15. The summed E-state index contributed by atoms with van der Waals surface area (Å²) in [5.74, 6) is 0. The highest BCUT2D eigenvalue weighted by molar-refractivity contribution is 7.86. The monoisotopic (exact) mass is 299 g/mol. The Morgan fingerprint density at radius 3 is 2.42 bits per heavy atom. The van der Waals surface area contributed by atoms with Gasteiger partial charge in [-0.25, -0.2) is 0 Å². The number of hydrogen-bond donors (Lipinski definition) is 0.